The van der Waals surface area contributed by atoms with Crippen LogP contribution >= 0.6 is 12.2 Å². The molecule has 0 aliphatic carbocycles. The van der Waals surface area contributed by atoms with Crippen molar-refractivity contribution in [2.24, 2.45) is 0 Å². The molecule has 6 heteroatoms. The average molecular weight is 264 g/mol. The average Bonchev–Trinajstić information content (AvgIpc) is 2.67. The first-order valence-corrected chi connectivity index (χ1v) is 5.61. The van der Waals surface area contributed by atoms with Gasteiger partial charge >= 0.3 is 0 Å². The highest BCUT2D eigenvalue weighted by Gasteiger charge is 2.20. The van der Waals surface area contributed by atoms with Crippen LogP contribution in [0.5, 0.6) is 11.5 Å². The number of amides is 1. The van der Waals surface area contributed by atoms with E-state index in [0.717, 1.165) is 5.56 Å². The molecule has 1 fully saturated rings. The van der Waals surface area contributed by atoms with E-state index in [0.29, 0.717) is 22.3 Å². The van der Waals surface area contributed by atoms with E-state index in [1.54, 1.807) is 38.5 Å². The topological polar surface area (TPSA) is 59.6 Å². The number of carbonyl (C=O) groups excluding carboxylic acids is 1. The molecule has 1 amide bonds. The minimum absolute atomic E-state index is 0.259. The number of thiocarbonyl (C=S) groups is 1. The second-order valence-electron chi connectivity index (χ2n) is 3.57. The molecule has 0 radical (unpaired) electrons. The van der Waals surface area contributed by atoms with Crippen LogP contribution < -0.4 is 20.1 Å². The largest absolute Gasteiger partial charge is 0.497 e. The van der Waals surface area contributed by atoms with Crippen molar-refractivity contribution in [1.82, 2.24) is 10.6 Å². The summed E-state index contributed by atoms with van der Waals surface area (Å²) in [7, 11) is 3.14. The number of hydrogen-bond donors (Lipinski definition) is 2. The Kier molecular flexibility index (Phi) is 3.47. The lowest BCUT2D eigenvalue weighted by Gasteiger charge is -2.07. The summed E-state index contributed by atoms with van der Waals surface area (Å²) in [6, 6.07) is 5.34. The Morgan fingerprint density at radius 3 is 2.56 bits per heavy atom. The van der Waals surface area contributed by atoms with Crippen molar-refractivity contribution in [3.05, 3.63) is 29.5 Å². The number of hydrogen-bond acceptors (Lipinski definition) is 4. The first kappa shape index (κ1) is 12.4. The van der Waals surface area contributed by atoms with Gasteiger partial charge in [0.1, 0.15) is 17.2 Å². The molecule has 1 saturated heterocycles. The highest BCUT2D eigenvalue weighted by molar-refractivity contribution is 7.80. The van der Waals surface area contributed by atoms with Gasteiger partial charge in [-0.3, -0.25) is 10.1 Å². The third-order valence-corrected chi connectivity index (χ3v) is 2.66. The minimum Gasteiger partial charge on any atom is -0.497 e. The summed E-state index contributed by atoms with van der Waals surface area (Å²) in [5.41, 5.74) is 1.12. The Balaban J connectivity index is 2.40. The molecule has 0 saturated carbocycles. The lowest BCUT2D eigenvalue weighted by molar-refractivity contribution is -0.115. The van der Waals surface area contributed by atoms with Gasteiger partial charge in [-0.05, 0) is 36.5 Å². The van der Waals surface area contributed by atoms with Crippen LogP contribution in [-0.4, -0.2) is 25.2 Å². The predicted molar refractivity (Wildman–Crippen MR) is 71.4 cm³/mol. The zero-order valence-corrected chi connectivity index (χ0v) is 10.8. The summed E-state index contributed by atoms with van der Waals surface area (Å²) in [4.78, 5) is 11.5. The SMILES string of the molecule is COc1ccc(OC)c(C=C2NC(=S)NC2=O)c1. The molecule has 0 aromatic heterocycles. The van der Waals surface area contributed by atoms with E-state index < -0.39 is 0 Å². The van der Waals surface area contributed by atoms with Crippen LogP contribution in [-0.2, 0) is 4.79 Å². The lowest BCUT2D eigenvalue weighted by atomic mass is 10.1. The third kappa shape index (κ3) is 2.43. The van der Waals surface area contributed by atoms with Gasteiger partial charge in [0.2, 0.25) is 0 Å². The fourth-order valence-electron chi connectivity index (χ4n) is 1.59. The minimum atomic E-state index is -0.259. The maximum Gasteiger partial charge on any atom is 0.273 e. The van der Waals surface area contributed by atoms with Gasteiger partial charge in [-0.15, -0.1) is 0 Å². The van der Waals surface area contributed by atoms with Crippen molar-refractivity contribution >= 4 is 29.3 Å². The highest BCUT2D eigenvalue weighted by Crippen LogP contribution is 2.26. The van der Waals surface area contributed by atoms with Gasteiger partial charge < -0.3 is 14.8 Å². The zero-order chi connectivity index (χ0) is 13.1. The molecule has 0 spiro atoms. The van der Waals surface area contributed by atoms with Crippen LogP contribution in [0, 0.1) is 0 Å². The Bertz CT molecular complexity index is 540. The van der Waals surface area contributed by atoms with Crippen molar-refractivity contribution in [2.75, 3.05) is 14.2 Å². The molecule has 1 aromatic rings. The van der Waals surface area contributed by atoms with E-state index in [-0.39, 0.29) is 5.91 Å². The summed E-state index contributed by atoms with van der Waals surface area (Å²) < 4.78 is 10.4. The van der Waals surface area contributed by atoms with Gasteiger partial charge in [0.15, 0.2) is 5.11 Å². The van der Waals surface area contributed by atoms with Gasteiger partial charge in [-0.2, -0.15) is 0 Å². The highest BCUT2D eigenvalue weighted by atomic mass is 32.1. The van der Waals surface area contributed by atoms with E-state index in [2.05, 4.69) is 10.6 Å². The molecule has 1 aliphatic rings. The third-order valence-electron chi connectivity index (χ3n) is 2.46. The van der Waals surface area contributed by atoms with Gasteiger partial charge in [-0.1, -0.05) is 0 Å². The van der Waals surface area contributed by atoms with E-state index in [1.165, 1.54) is 0 Å². The maximum absolute atomic E-state index is 11.5. The molecule has 0 unspecified atom stereocenters. The molecular weight excluding hydrogens is 252 g/mol. The van der Waals surface area contributed by atoms with E-state index in [1.807, 2.05) is 0 Å². The first-order chi connectivity index (χ1) is 8.63. The summed E-state index contributed by atoms with van der Waals surface area (Å²) in [6.07, 6.45) is 1.66. The van der Waals surface area contributed by atoms with Gasteiger partial charge in [-0.25, -0.2) is 0 Å². The van der Waals surface area contributed by atoms with Crippen molar-refractivity contribution in [1.29, 1.82) is 0 Å². The normalized spacial score (nSPS) is 16.4. The van der Waals surface area contributed by atoms with Crippen molar-refractivity contribution < 1.29 is 14.3 Å². The smallest absolute Gasteiger partial charge is 0.273 e. The molecule has 2 rings (SSSR count). The van der Waals surface area contributed by atoms with Crippen molar-refractivity contribution in [2.45, 2.75) is 0 Å². The molecule has 1 heterocycles. The van der Waals surface area contributed by atoms with Crippen LogP contribution in [0.4, 0.5) is 0 Å². The quantitative estimate of drug-likeness (QED) is 0.631. The summed E-state index contributed by atoms with van der Waals surface area (Å²) in [5, 5.41) is 5.57. The van der Waals surface area contributed by atoms with Crippen molar-refractivity contribution in [3.63, 3.8) is 0 Å². The number of nitrogens with one attached hydrogen (secondary N) is 2. The molecule has 2 N–H and O–H groups in total. The second-order valence-corrected chi connectivity index (χ2v) is 3.98. The predicted octanol–water partition coefficient (Wildman–Crippen LogP) is 1.05. The van der Waals surface area contributed by atoms with Crippen LogP contribution in [0.25, 0.3) is 6.08 Å². The van der Waals surface area contributed by atoms with E-state index >= 15 is 0 Å². The van der Waals surface area contributed by atoms with Gasteiger partial charge in [0, 0.05) is 5.56 Å². The monoisotopic (exact) mass is 264 g/mol. The summed E-state index contributed by atoms with van der Waals surface area (Å²) >= 11 is 4.86. The van der Waals surface area contributed by atoms with Crippen LogP contribution in [0.2, 0.25) is 0 Å². The number of methoxy groups -OCH3 is 2. The Hall–Kier alpha value is -2.08. The fraction of sp³-hybridized carbons (Fsp3) is 0.167. The molecule has 1 aliphatic heterocycles. The Morgan fingerprint density at radius 1 is 1.22 bits per heavy atom. The van der Waals surface area contributed by atoms with Crippen LogP contribution in [0.15, 0.2) is 23.9 Å². The standard InChI is InChI=1S/C12H12N2O3S/c1-16-8-3-4-10(17-2)7(5-8)6-9-11(15)14-12(18)13-9/h3-6H,1-2H3,(H2,13,14,15,18). The van der Waals surface area contributed by atoms with Crippen molar-refractivity contribution in [3.8, 4) is 11.5 Å². The van der Waals surface area contributed by atoms with Crippen LogP contribution in [0.1, 0.15) is 5.56 Å². The number of benzene rings is 1. The zero-order valence-electron chi connectivity index (χ0n) is 9.94. The van der Waals surface area contributed by atoms with Gasteiger partial charge in [0.05, 0.1) is 14.2 Å². The van der Waals surface area contributed by atoms with E-state index in [9.17, 15) is 4.79 Å². The Labute approximate surface area is 110 Å². The molecule has 1 aromatic carbocycles. The fourth-order valence-corrected chi connectivity index (χ4v) is 1.79. The number of carbonyl (C=O) groups is 1. The molecule has 94 valence electrons. The van der Waals surface area contributed by atoms with E-state index in [4.69, 9.17) is 21.7 Å². The Morgan fingerprint density at radius 2 is 2.00 bits per heavy atom. The second kappa shape index (κ2) is 5.05. The summed E-state index contributed by atoms with van der Waals surface area (Å²) in [5.74, 6) is 1.07. The number of ether oxygens (including phenoxy) is 2. The number of rotatable bonds is 3. The molecule has 5 nitrogen and oxygen atoms in total. The first-order valence-electron chi connectivity index (χ1n) is 5.20. The van der Waals surface area contributed by atoms with Crippen LogP contribution in [0.3, 0.4) is 0 Å². The molecular formula is C12H12N2O3S. The summed E-state index contributed by atoms with van der Waals surface area (Å²) in [6.45, 7) is 0. The van der Waals surface area contributed by atoms with Gasteiger partial charge in [0.25, 0.3) is 5.91 Å². The maximum atomic E-state index is 11.5. The molecule has 0 atom stereocenters. The lowest BCUT2D eigenvalue weighted by Crippen LogP contribution is -2.21. The molecule has 0 bridgehead atoms. The molecule has 18 heavy (non-hydrogen) atoms.